The first-order valence-corrected chi connectivity index (χ1v) is 4.59. The zero-order chi connectivity index (χ0) is 11.6. The first-order chi connectivity index (χ1) is 6.93. The molecule has 0 bridgehead atoms. The molecule has 82 valence electrons. The van der Waals surface area contributed by atoms with Gasteiger partial charge in [-0.05, 0) is 13.0 Å². The maximum atomic E-state index is 13.3. The molecule has 0 aromatic heterocycles. The molecule has 1 atom stereocenters. The largest absolute Gasteiger partial charge is 0.348 e. The summed E-state index contributed by atoms with van der Waals surface area (Å²) in [5.41, 5.74) is 0.218. The van der Waals surface area contributed by atoms with E-state index in [1.165, 1.54) is 11.0 Å². The van der Waals surface area contributed by atoms with E-state index >= 15 is 0 Å². The summed E-state index contributed by atoms with van der Waals surface area (Å²) in [5, 5.41) is 0. The van der Waals surface area contributed by atoms with Gasteiger partial charge in [-0.15, -0.1) is 0 Å². The average Bonchev–Trinajstić information content (AvgIpc) is 2.15. The Morgan fingerprint density at radius 2 is 1.93 bits per heavy atom. The quantitative estimate of drug-likeness (QED) is 0.737. The smallest absolute Gasteiger partial charge is 0.229 e. The molecule has 1 aromatic rings. The van der Waals surface area contributed by atoms with Gasteiger partial charge in [0.15, 0.2) is 0 Å². The number of hydrogen-bond donors (Lipinski definition) is 0. The van der Waals surface area contributed by atoms with Crippen molar-refractivity contribution in [2.45, 2.75) is 12.8 Å². The van der Waals surface area contributed by atoms with E-state index in [4.69, 9.17) is 0 Å². The number of carbonyl (C=O) groups excluding carboxylic acids is 1. The average molecular weight is 213 g/mol. The first-order valence-electron chi connectivity index (χ1n) is 4.59. The van der Waals surface area contributed by atoms with Crippen molar-refractivity contribution in [3.8, 4) is 0 Å². The van der Waals surface area contributed by atoms with E-state index < -0.39 is 17.6 Å². The lowest BCUT2D eigenvalue weighted by molar-refractivity contribution is -0.129. The predicted octanol–water partition coefficient (Wildman–Crippen LogP) is 2.16. The number of nitrogens with zero attached hydrogens (tertiary/aromatic N) is 1. The Balaban J connectivity index is 3.01. The van der Waals surface area contributed by atoms with Gasteiger partial charge in [0.2, 0.25) is 5.91 Å². The van der Waals surface area contributed by atoms with E-state index in [9.17, 15) is 13.6 Å². The molecule has 0 N–H and O–H groups in total. The van der Waals surface area contributed by atoms with Crippen LogP contribution in [-0.2, 0) is 4.79 Å². The Morgan fingerprint density at radius 1 is 1.33 bits per heavy atom. The minimum Gasteiger partial charge on any atom is -0.348 e. The van der Waals surface area contributed by atoms with Crippen molar-refractivity contribution in [1.29, 1.82) is 0 Å². The van der Waals surface area contributed by atoms with E-state index in [0.29, 0.717) is 0 Å². The Morgan fingerprint density at radius 3 is 2.40 bits per heavy atom. The Labute approximate surface area is 87.5 Å². The standard InChI is InChI=1S/C11H13F2NO/c1-7(11(15)14(2)3)9-5-4-8(12)6-10(9)13/h4-7H,1-3H3. The van der Waals surface area contributed by atoms with Crippen LogP contribution < -0.4 is 0 Å². The third-order valence-electron chi connectivity index (χ3n) is 2.24. The van der Waals surface area contributed by atoms with E-state index in [2.05, 4.69) is 0 Å². The van der Waals surface area contributed by atoms with E-state index in [0.717, 1.165) is 12.1 Å². The van der Waals surface area contributed by atoms with Gasteiger partial charge in [0, 0.05) is 25.7 Å². The number of amides is 1. The van der Waals surface area contributed by atoms with Crippen LogP contribution in [0.3, 0.4) is 0 Å². The Hall–Kier alpha value is -1.45. The van der Waals surface area contributed by atoms with Crippen molar-refractivity contribution in [2.24, 2.45) is 0 Å². The molecule has 0 saturated heterocycles. The summed E-state index contributed by atoms with van der Waals surface area (Å²) in [6, 6.07) is 3.24. The highest BCUT2D eigenvalue weighted by Crippen LogP contribution is 2.21. The lowest BCUT2D eigenvalue weighted by Crippen LogP contribution is -2.27. The molecule has 4 heteroatoms. The van der Waals surface area contributed by atoms with E-state index in [-0.39, 0.29) is 11.5 Å². The van der Waals surface area contributed by atoms with Crippen LogP contribution in [0.1, 0.15) is 18.4 Å². The number of rotatable bonds is 2. The van der Waals surface area contributed by atoms with Crippen LogP contribution in [0.15, 0.2) is 18.2 Å². The van der Waals surface area contributed by atoms with Gasteiger partial charge in [0.05, 0.1) is 5.92 Å². The number of carbonyl (C=O) groups is 1. The van der Waals surface area contributed by atoms with Gasteiger partial charge in [-0.2, -0.15) is 0 Å². The molecule has 15 heavy (non-hydrogen) atoms. The van der Waals surface area contributed by atoms with Gasteiger partial charge in [0.1, 0.15) is 11.6 Å². The lowest BCUT2D eigenvalue weighted by Gasteiger charge is -2.17. The van der Waals surface area contributed by atoms with Crippen LogP contribution >= 0.6 is 0 Å². The molecule has 0 aliphatic carbocycles. The predicted molar refractivity (Wildman–Crippen MR) is 53.5 cm³/mol. The molecule has 1 rings (SSSR count). The molecule has 0 heterocycles. The van der Waals surface area contributed by atoms with Gasteiger partial charge in [0.25, 0.3) is 0 Å². The normalized spacial score (nSPS) is 12.3. The molecule has 1 unspecified atom stereocenters. The van der Waals surface area contributed by atoms with Gasteiger partial charge >= 0.3 is 0 Å². The maximum absolute atomic E-state index is 13.3. The minimum atomic E-state index is -0.683. The number of benzene rings is 1. The molecule has 1 amide bonds. The van der Waals surface area contributed by atoms with Crippen molar-refractivity contribution < 1.29 is 13.6 Å². The molecule has 0 aliphatic rings. The van der Waals surface area contributed by atoms with Crippen molar-refractivity contribution in [3.05, 3.63) is 35.4 Å². The second-order valence-electron chi connectivity index (χ2n) is 3.62. The number of halogens is 2. The fourth-order valence-corrected chi connectivity index (χ4v) is 1.37. The van der Waals surface area contributed by atoms with E-state index in [1.807, 2.05) is 0 Å². The van der Waals surface area contributed by atoms with Gasteiger partial charge in [-0.3, -0.25) is 4.79 Å². The Bertz CT molecular complexity index is 377. The first kappa shape index (κ1) is 11.6. The van der Waals surface area contributed by atoms with Gasteiger partial charge in [-0.1, -0.05) is 6.07 Å². The van der Waals surface area contributed by atoms with Gasteiger partial charge < -0.3 is 4.90 Å². The van der Waals surface area contributed by atoms with Crippen molar-refractivity contribution >= 4 is 5.91 Å². The summed E-state index contributed by atoms with van der Waals surface area (Å²) < 4.78 is 25.9. The van der Waals surface area contributed by atoms with Crippen LogP contribution in [0.25, 0.3) is 0 Å². The van der Waals surface area contributed by atoms with Crippen molar-refractivity contribution in [1.82, 2.24) is 4.90 Å². The molecule has 2 nitrogen and oxygen atoms in total. The fraction of sp³-hybridized carbons (Fsp3) is 0.364. The molecule has 0 fully saturated rings. The number of likely N-dealkylation sites (N-methyl/N-ethyl adjacent to an activating group) is 1. The summed E-state index contributed by atoms with van der Waals surface area (Å²) in [6.45, 7) is 1.60. The highest BCUT2D eigenvalue weighted by atomic mass is 19.1. The van der Waals surface area contributed by atoms with Crippen molar-refractivity contribution in [2.75, 3.05) is 14.1 Å². The van der Waals surface area contributed by atoms with Crippen LogP contribution in [0.5, 0.6) is 0 Å². The Kier molecular flexibility index (Phi) is 3.39. The maximum Gasteiger partial charge on any atom is 0.229 e. The summed E-state index contributed by atoms with van der Waals surface area (Å²) in [5.74, 6) is -2.13. The molecule has 0 aliphatic heterocycles. The zero-order valence-corrected chi connectivity index (χ0v) is 8.92. The highest BCUT2D eigenvalue weighted by Gasteiger charge is 2.20. The van der Waals surface area contributed by atoms with Crippen LogP contribution in [0, 0.1) is 11.6 Å². The summed E-state index contributed by atoms with van der Waals surface area (Å²) >= 11 is 0. The number of hydrogen-bond acceptors (Lipinski definition) is 1. The molecule has 1 aromatic carbocycles. The molecule has 0 saturated carbocycles. The fourth-order valence-electron chi connectivity index (χ4n) is 1.37. The summed E-state index contributed by atoms with van der Waals surface area (Å²) in [6.07, 6.45) is 0. The molecule has 0 spiro atoms. The zero-order valence-electron chi connectivity index (χ0n) is 8.92. The van der Waals surface area contributed by atoms with Crippen LogP contribution in [0.2, 0.25) is 0 Å². The summed E-state index contributed by atoms with van der Waals surface area (Å²) in [7, 11) is 3.19. The third kappa shape index (κ3) is 2.52. The minimum absolute atomic E-state index is 0.208. The topological polar surface area (TPSA) is 20.3 Å². The van der Waals surface area contributed by atoms with Crippen LogP contribution in [0.4, 0.5) is 8.78 Å². The second kappa shape index (κ2) is 4.38. The molecular formula is C11H13F2NO. The van der Waals surface area contributed by atoms with E-state index in [1.54, 1.807) is 21.0 Å². The molecular weight excluding hydrogens is 200 g/mol. The second-order valence-corrected chi connectivity index (χ2v) is 3.62. The van der Waals surface area contributed by atoms with Gasteiger partial charge in [-0.25, -0.2) is 8.78 Å². The third-order valence-corrected chi connectivity index (χ3v) is 2.24. The monoisotopic (exact) mass is 213 g/mol. The van der Waals surface area contributed by atoms with Crippen LogP contribution in [-0.4, -0.2) is 24.9 Å². The highest BCUT2D eigenvalue weighted by molar-refractivity contribution is 5.82. The SMILES string of the molecule is CC(C(=O)N(C)C)c1ccc(F)cc1F. The summed E-state index contributed by atoms with van der Waals surface area (Å²) in [4.78, 5) is 12.9. The van der Waals surface area contributed by atoms with Crippen molar-refractivity contribution in [3.63, 3.8) is 0 Å². The lowest BCUT2D eigenvalue weighted by atomic mass is 9.99. The molecule has 0 radical (unpaired) electrons.